The first kappa shape index (κ1) is 14.6. The fourth-order valence-corrected chi connectivity index (χ4v) is 3.94. The van der Waals surface area contributed by atoms with Gasteiger partial charge in [0.05, 0.1) is 4.90 Å². The summed E-state index contributed by atoms with van der Waals surface area (Å²) in [5, 5.41) is 5.05. The summed E-state index contributed by atoms with van der Waals surface area (Å²) in [6, 6.07) is 1.67. The molecule has 0 aromatic carbocycles. The average molecular weight is 276 g/mol. The molecule has 1 rings (SSSR count). The van der Waals surface area contributed by atoms with Gasteiger partial charge in [-0.15, -0.1) is 11.3 Å². The third-order valence-corrected chi connectivity index (χ3v) is 4.84. The van der Waals surface area contributed by atoms with E-state index >= 15 is 0 Å². The van der Waals surface area contributed by atoms with E-state index in [4.69, 9.17) is 0 Å². The molecule has 98 valence electrons. The van der Waals surface area contributed by atoms with Crippen LogP contribution in [0.3, 0.4) is 0 Å². The molecule has 0 amide bonds. The Kier molecular flexibility index (Phi) is 6.11. The highest BCUT2D eigenvalue weighted by molar-refractivity contribution is 7.89. The van der Waals surface area contributed by atoms with Gasteiger partial charge in [0.25, 0.3) is 0 Å². The zero-order valence-corrected chi connectivity index (χ0v) is 12.0. The highest BCUT2D eigenvalue weighted by atomic mass is 32.2. The van der Waals surface area contributed by atoms with Crippen molar-refractivity contribution in [3.8, 4) is 0 Å². The number of nitrogens with one attached hydrogen (secondary N) is 2. The molecule has 0 aliphatic rings. The maximum atomic E-state index is 12.0. The average Bonchev–Trinajstić information content (AvgIpc) is 2.76. The molecule has 4 nitrogen and oxygen atoms in total. The van der Waals surface area contributed by atoms with Crippen molar-refractivity contribution in [3.63, 3.8) is 0 Å². The molecular formula is C11H20N2O2S2. The fourth-order valence-electron chi connectivity index (χ4n) is 1.39. The van der Waals surface area contributed by atoms with E-state index < -0.39 is 10.0 Å². The van der Waals surface area contributed by atoms with Gasteiger partial charge in [0.1, 0.15) is 0 Å². The maximum absolute atomic E-state index is 12.0. The number of rotatable bonds is 8. The SMILES string of the molecule is CCCNCc1sccc1S(=O)(=O)NCCC. The van der Waals surface area contributed by atoms with Gasteiger partial charge in [-0.05, 0) is 30.8 Å². The van der Waals surface area contributed by atoms with Crippen molar-refractivity contribution in [2.75, 3.05) is 13.1 Å². The Balaban J connectivity index is 2.73. The highest BCUT2D eigenvalue weighted by Crippen LogP contribution is 2.21. The first-order valence-electron chi connectivity index (χ1n) is 5.88. The van der Waals surface area contributed by atoms with E-state index in [0.717, 1.165) is 24.3 Å². The normalized spacial score (nSPS) is 11.9. The molecule has 1 heterocycles. The lowest BCUT2D eigenvalue weighted by atomic mass is 10.4. The van der Waals surface area contributed by atoms with Gasteiger partial charge in [0, 0.05) is 18.0 Å². The van der Waals surface area contributed by atoms with Crippen molar-refractivity contribution >= 4 is 21.4 Å². The predicted molar refractivity (Wildman–Crippen MR) is 71.8 cm³/mol. The number of hydrogen-bond donors (Lipinski definition) is 2. The first-order valence-corrected chi connectivity index (χ1v) is 8.24. The van der Waals surface area contributed by atoms with Gasteiger partial charge in [-0.25, -0.2) is 13.1 Å². The van der Waals surface area contributed by atoms with E-state index in [1.54, 1.807) is 6.07 Å². The Morgan fingerprint density at radius 1 is 1.24 bits per heavy atom. The summed E-state index contributed by atoms with van der Waals surface area (Å²) in [5.41, 5.74) is 0. The molecule has 0 fully saturated rings. The Morgan fingerprint density at radius 2 is 1.94 bits per heavy atom. The fraction of sp³-hybridized carbons (Fsp3) is 0.636. The van der Waals surface area contributed by atoms with Crippen LogP contribution >= 0.6 is 11.3 Å². The third-order valence-electron chi connectivity index (χ3n) is 2.25. The summed E-state index contributed by atoms with van der Waals surface area (Å²) in [5.74, 6) is 0. The molecule has 2 N–H and O–H groups in total. The van der Waals surface area contributed by atoms with Gasteiger partial charge in [-0.2, -0.15) is 0 Å². The number of hydrogen-bond acceptors (Lipinski definition) is 4. The van der Waals surface area contributed by atoms with Gasteiger partial charge < -0.3 is 5.32 Å². The second-order valence-corrected chi connectivity index (χ2v) is 6.52. The van der Waals surface area contributed by atoms with E-state index in [-0.39, 0.29) is 0 Å². The van der Waals surface area contributed by atoms with Crippen molar-refractivity contribution in [1.29, 1.82) is 0 Å². The third kappa shape index (κ3) is 4.39. The van der Waals surface area contributed by atoms with Crippen LogP contribution in [-0.2, 0) is 16.6 Å². The molecule has 0 bridgehead atoms. The molecular weight excluding hydrogens is 256 g/mol. The van der Waals surface area contributed by atoms with Gasteiger partial charge in [0.15, 0.2) is 0 Å². The summed E-state index contributed by atoms with van der Waals surface area (Å²) in [7, 11) is -3.33. The maximum Gasteiger partial charge on any atom is 0.241 e. The van der Waals surface area contributed by atoms with Crippen molar-refractivity contribution < 1.29 is 8.42 Å². The van der Waals surface area contributed by atoms with Crippen LogP contribution in [-0.4, -0.2) is 21.5 Å². The minimum absolute atomic E-state index is 0.416. The van der Waals surface area contributed by atoms with Gasteiger partial charge in [-0.3, -0.25) is 0 Å². The topological polar surface area (TPSA) is 58.2 Å². The van der Waals surface area contributed by atoms with Crippen LogP contribution in [0.5, 0.6) is 0 Å². The lowest BCUT2D eigenvalue weighted by Crippen LogP contribution is -2.25. The first-order chi connectivity index (χ1) is 8.11. The zero-order chi connectivity index (χ0) is 12.7. The van der Waals surface area contributed by atoms with Crippen LogP contribution in [0.15, 0.2) is 16.3 Å². The molecule has 1 aromatic heterocycles. The van der Waals surface area contributed by atoms with Crippen LogP contribution in [0, 0.1) is 0 Å². The summed E-state index contributed by atoms with van der Waals surface area (Å²) < 4.78 is 26.5. The van der Waals surface area contributed by atoms with Crippen LogP contribution in [0.1, 0.15) is 31.6 Å². The molecule has 1 aromatic rings. The molecule has 0 aliphatic heterocycles. The zero-order valence-electron chi connectivity index (χ0n) is 10.3. The van der Waals surface area contributed by atoms with Crippen LogP contribution in [0.25, 0.3) is 0 Å². The molecule has 0 spiro atoms. The van der Waals surface area contributed by atoms with Crippen molar-refractivity contribution in [2.45, 2.75) is 38.1 Å². The highest BCUT2D eigenvalue weighted by Gasteiger charge is 2.18. The molecule has 0 saturated heterocycles. The number of sulfonamides is 1. The molecule has 0 radical (unpaired) electrons. The van der Waals surface area contributed by atoms with Gasteiger partial charge >= 0.3 is 0 Å². The Hall–Kier alpha value is -0.430. The summed E-state index contributed by atoms with van der Waals surface area (Å²) in [6.45, 7) is 6.04. The second-order valence-electron chi connectivity index (χ2n) is 3.78. The Bertz CT molecular complexity index is 426. The second kappa shape index (κ2) is 7.10. The lowest BCUT2D eigenvalue weighted by Gasteiger charge is -2.07. The predicted octanol–water partition coefficient (Wildman–Crippen LogP) is 1.94. The lowest BCUT2D eigenvalue weighted by molar-refractivity contribution is 0.579. The van der Waals surface area contributed by atoms with Crippen LogP contribution in [0.4, 0.5) is 0 Å². The smallest absolute Gasteiger partial charge is 0.241 e. The monoisotopic (exact) mass is 276 g/mol. The van der Waals surface area contributed by atoms with E-state index in [1.807, 2.05) is 12.3 Å². The van der Waals surface area contributed by atoms with Crippen LogP contribution in [0.2, 0.25) is 0 Å². The largest absolute Gasteiger partial charge is 0.312 e. The Morgan fingerprint density at radius 3 is 2.59 bits per heavy atom. The van der Waals surface area contributed by atoms with Crippen molar-refractivity contribution in [2.24, 2.45) is 0 Å². The molecule has 0 unspecified atom stereocenters. The standard InChI is InChI=1S/C11H20N2O2S2/c1-3-6-12-9-10-11(5-8-16-10)17(14,15)13-7-4-2/h5,8,12-13H,3-4,6-7,9H2,1-2H3. The summed E-state index contributed by atoms with van der Waals surface area (Å²) in [4.78, 5) is 1.29. The molecule has 0 saturated carbocycles. The molecule has 17 heavy (non-hydrogen) atoms. The number of thiophene rings is 1. The minimum Gasteiger partial charge on any atom is -0.312 e. The van der Waals surface area contributed by atoms with Crippen molar-refractivity contribution in [1.82, 2.24) is 10.0 Å². The van der Waals surface area contributed by atoms with E-state index in [2.05, 4.69) is 17.0 Å². The minimum atomic E-state index is -3.33. The van der Waals surface area contributed by atoms with Gasteiger partial charge in [0.2, 0.25) is 10.0 Å². The van der Waals surface area contributed by atoms with Gasteiger partial charge in [-0.1, -0.05) is 13.8 Å². The van der Waals surface area contributed by atoms with E-state index in [1.165, 1.54) is 11.3 Å². The Labute approximate surface area is 107 Å². The molecule has 0 atom stereocenters. The quantitative estimate of drug-likeness (QED) is 0.713. The van der Waals surface area contributed by atoms with Crippen molar-refractivity contribution in [3.05, 3.63) is 16.3 Å². The van der Waals surface area contributed by atoms with E-state index in [0.29, 0.717) is 18.0 Å². The van der Waals surface area contributed by atoms with Crippen LogP contribution < -0.4 is 10.0 Å². The van der Waals surface area contributed by atoms with E-state index in [9.17, 15) is 8.42 Å². The summed E-state index contributed by atoms with van der Waals surface area (Å²) >= 11 is 1.48. The molecule has 6 heteroatoms. The summed E-state index contributed by atoms with van der Waals surface area (Å²) in [6.07, 6.45) is 1.84. The molecule has 0 aliphatic carbocycles.